The molecule has 6 heteroatoms. The summed E-state index contributed by atoms with van der Waals surface area (Å²) in [5.41, 5.74) is 1.26. The second-order valence-corrected chi connectivity index (χ2v) is 9.22. The SMILES string of the molecule is OCC12CN(Cc3ncc[nH]3)CC1CN(Cc1ccccc1OC1CCCC1)C2. The molecule has 156 valence electrons. The minimum Gasteiger partial charge on any atom is -0.490 e. The molecule has 0 bridgehead atoms. The summed E-state index contributed by atoms with van der Waals surface area (Å²) in [4.78, 5) is 12.5. The van der Waals surface area contributed by atoms with E-state index in [1.165, 1.54) is 31.2 Å². The maximum atomic E-state index is 10.3. The summed E-state index contributed by atoms with van der Waals surface area (Å²) < 4.78 is 6.34. The number of aliphatic hydroxyl groups excluding tert-OH is 1. The van der Waals surface area contributed by atoms with Crippen LogP contribution in [0.1, 0.15) is 37.1 Å². The lowest BCUT2D eigenvalue weighted by molar-refractivity contribution is 0.110. The van der Waals surface area contributed by atoms with E-state index in [2.05, 4.69) is 44.0 Å². The maximum Gasteiger partial charge on any atom is 0.124 e. The highest BCUT2D eigenvalue weighted by Crippen LogP contribution is 2.43. The van der Waals surface area contributed by atoms with Crippen molar-refractivity contribution in [2.75, 3.05) is 32.8 Å². The lowest BCUT2D eigenvalue weighted by atomic mass is 9.82. The van der Waals surface area contributed by atoms with Crippen molar-refractivity contribution in [2.45, 2.75) is 44.9 Å². The summed E-state index contributed by atoms with van der Waals surface area (Å²) in [6.07, 6.45) is 9.00. The molecule has 29 heavy (non-hydrogen) atoms. The van der Waals surface area contributed by atoms with Crippen LogP contribution in [0, 0.1) is 11.3 Å². The van der Waals surface area contributed by atoms with Gasteiger partial charge in [0.1, 0.15) is 11.6 Å². The van der Waals surface area contributed by atoms with E-state index in [1.807, 2.05) is 6.20 Å². The normalized spacial score (nSPS) is 28.2. The third kappa shape index (κ3) is 3.93. The lowest BCUT2D eigenvalue weighted by Crippen LogP contribution is -2.37. The summed E-state index contributed by atoms with van der Waals surface area (Å²) in [5.74, 6) is 2.56. The standard InChI is InChI=1S/C23H32N4O2/c28-17-23-15-26(12-19(23)13-27(16-23)14-22-24-9-10-25-22)11-18-5-1-4-8-21(18)29-20-6-2-3-7-20/h1,4-5,8-10,19-20,28H,2-3,6-7,11-17H2,(H,24,25). The lowest BCUT2D eigenvalue weighted by Gasteiger charge is -2.27. The topological polar surface area (TPSA) is 64.6 Å². The number of nitrogens with zero attached hydrogens (tertiary/aromatic N) is 3. The van der Waals surface area contributed by atoms with Gasteiger partial charge in [-0.2, -0.15) is 0 Å². The van der Waals surface area contributed by atoms with Crippen molar-refractivity contribution in [1.29, 1.82) is 0 Å². The van der Waals surface area contributed by atoms with E-state index >= 15 is 0 Å². The molecule has 5 rings (SSSR count). The van der Waals surface area contributed by atoms with Gasteiger partial charge in [0, 0.05) is 56.1 Å². The highest BCUT2D eigenvalue weighted by molar-refractivity contribution is 5.33. The number of benzene rings is 1. The Morgan fingerprint density at radius 1 is 1.10 bits per heavy atom. The number of ether oxygens (including phenoxy) is 1. The predicted octanol–water partition coefficient (Wildman–Crippen LogP) is 2.66. The Hall–Kier alpha value is -1.89. The third-order valence-electron chi connectivity index (χ3n) is 7.11. The molecule has 0 spiro atoms. The van der Waals surface area contributed by atoms with Crippen LogP contribution in [-0.2, 0) is 13.1 Å². The Morgan fingerprint density at radius 3 is 2.55 bits per heavy atom. The van der Waals surface area contributed by atoms with Gasteiger partial charge in [0.05, 0.1) is 19.3 Å². The zero-order valence-corrected chi connectivity index (χ0v) is 17.1. The Balaban J connectivity index is 1.23. The molecule has 1 saturated carbocycles. The van der Waals surface area contributed by atoms with Crippen molar-refractivity contribution < 1.29 is 9.84 Å². The Kier molecular flexibility index (Phi) is 5.33. The number of aliphatic hydroxyl groups is 1. The first-order valence-corrected chi connectivity index (χ1v) is 11.0. The molecule has 1 aliphatic carbocycles. The Labute approximate surface area is 172 Å². The second kappa shape index (κ2) is 8.09. The first-order valence-electron chi connectivity index (χ1n) is 11.0. The molecule has 3 heterocycles. The molecule has 2 unspecified atom stereocenters. The van der Waals surface area contributed by atoms with Gasteiger partial charge in [0.15, 0.2) is 0 Å². The molecule has 2 aromatic rings. The van der Waals surface area contributed by atoms with Gasteiger partial charge < -0.3 is 14.8 Å². The van der Waals surface area contributed by atoms with Crippen molar-refractivity contribution in [3.05, 3.63) is 48.0 Å². The van der Waals surface area contributed by atoms with Crippen molar-refractivity contribution in [1.82, 2.24) is 19.8 Å². The minimum atomic E-state index is -0.0200. The van der Waals surface area contributed by atoms with Crippen molar-refractivity contribution in [2.24, 2.45) is 11.3 Å². The van der Waals surface area contributed by atoms with E-state index in [-0.39, 0.29) is 12.0 Å². The predicted molar refractivity (Wildman–Crippen MR) is 111 cm³/mol. The van der Waals surface area contributed by atoms with Gasteiger partial charge in [0.2, 0.25) is 0 Å². The van der Waals surface area contributed by atoms with Crippen LogP contribution in [0.25, 0.3) is 0 Å². The number of imidazole rings is 1. The first kappa shape index (κ1) is 19.1. The number of fused-ring (bicyclic) bond motifs is 1. The molecule has 0 radical (unpaired) electrons. The molecular weight excluding hydrogens is 364 g/mol. The van der Waals surface area contributed by atoms with Crippen LogP contribution in [0.2, 0.25) is 0 Å². The molecule has 1 aromatic heterocycles. The number of H-pyrrole nitrogens is 1. The fraction of sp³-hybridized carbons (Fsp3) is 0.609. The van der Waals surface area contributed by atoms with Gasteiger partial charge in [-0.05, 0) is 37.7 Å². The molecular formula is C23H32N4O2. The highest BCUT2D eigenvalue weighted by Gasteiger charge is 2.51. The molecule has 1 aromatic carbocycles. The average molecular weight is 397 g/mol. The minimum absolute atomic E-state index is 0.0200. The maximum absolute atomic E-state index is 10.3. The number of rotatable bonds is 7. The van der Waals surface area contributed by atoms with Crippen molar-refractivity contribution in [3.8, 4) is 5.75 Å². The third-order valence-corrected chi connectivity index (χ3v) is 7.11. The quantitative estimate of drug-likeness (QED) is 0.753. The van der Waals surface area contributed by atoms with E-state index in [0.717, 1.165) is 50.8 Å². The van der Waals surface area contributed by atoms with E-state index in [0.29, 0.717) is 12.0 Å². The fourth-order valence-corrected chi connectivity index (χ4v) is 5.64. The second-order valence-electron chi connectivity index (χ2n) is 9.22. The van der Waals surface area contributed by atoms with E-state index in [1.54, 1.807) is 6.20 Å². The monoisotopic (exact) mass is 396 g/mol. The number of para-hydroxylation sites is 1. The molecule has 0 amide bonds. The van der Waals surface area contributed by atoms with Gasteiger partial charge in [-0.15, -0.1) is 0 Å². The molecule has 2 saturated heterocycles. The van der Waals surface area contributed by atoms with Crippen molar-refractivity contribution in [3.63, 3.8) is 0 Å². The summed E-state index contributed by atoms with van der Waals surface area (Å²) >= 11 is 0. The molecule has 6 nitrogen and oxygen atoms in total. The van der Waals surface area contributed by atoms with Crippen LogP contribution < -0.4 is 4.74 Å². The number of hydrogen-bond donors (Lipinski definition) is 2. The van der Waals surface area contributed by atoms with Gasteiger partial charge in [-0.3, -0.25) is 9.80 Å². The van der Waals surface area contributed by atoms with E-state index in [9.17, 15) is 5.11 Å². The molecule has 3 aliphatic rings. The first-order chi connectivity index (χ1) is 14.2. The van der Waals surface area contributed by atoms with E-state index in [4.69, 9.17) is 4.74 Å². The summed E-state index contributed by atoms with van der Waals surface area (Å²) in [7, 11) is 0. The van der Waals surface area contributed by atoms with Crippen LogP contribution >= 0.6 is 0 Å². The van der Waals surface area contributed by atoms with E-state index < -0.39 is 0 Å². The zero-order chi connectivity index (χ0) is 19.7. The van der Waals surface area contributed by atoms with Crippen LogP contribution in [-0.4, -0.2) is 63.8 Å². The molecule has 2 aliphatic heterocycles. The number of nitrogens with one attached hydrogen (secondary N) is 1. The zero-order valence-electron chi connectivity index (χ0n) is 17.1. The van der Waals surface area contributed by atoms with Crippen LogP contribution in [0.4, 0.5) is 0 Å². The number of aromatic nitrogens is 2. The van der Waals surface area contributed by atoms with Gasteiger partial charge in [-0.1, -0.05) is 18.2 Å². The molecule has 2 N–H and O–H groups in total. The van der Waals surface area contributed by atoms with Crippen LogP contribution in [0.15, 0.2) is 36.7 Å². The van der Waals surface area contributed by atoms with Gasteiger partial charge in [0.25, 0.3) is 0 Å². The smallest absolute Gasteiger partial charge is 0.124 e. The number of hydrogen-bond acceptors (Lipinski definition) is 5. The summed E-state index contributed by atoms with van der Waals surface area (Å²) in [6, 6.07) is 8.51. The van der Waals surface area contributed by atoms with Crippen LogP contribution in [0.3, 0.4) is 0 Å². The van der Waals surface area contributed by atoms with Crippen molar-refractivity contribution >= 4 is 0 Å². The Bertz CT molecular complexity index is 805. The van der Waals surface area contributed by atoms with Crippen LogP contribution in [0.5, 0.6) is 5.75 Å². The highest BCUT2D eigenvalue weighted by atomic mass is 16.5. The number of aromatic amines is 1. The van der Waals surface area contributed by atoms with Gasteiger partial charge in [-0.25, -0.2) is 4.98 Å². The number of likely N-dealkylation sites (tertiary alicyclic amines) is 2. The fourth-order valence-electron chi connectivity index (χ4n) is 5.64. The summed E-state index contributed by atoms with van der Waals surface area (Å²) in [5, 5.41) is 10.3. The largest absolute Gasteiger partial charge is 0.490 e. The average Bonchev–Trinajstić information content (AvgIpc) is 3.49. The molecule has 2 atom stereocenters. The molecule has 3 fully saturated rings. The summed E-state index contributed by atoms with van der Waals surface area (Å²) in [6.45, 7) is 5.93. The van der Waals surface area contributed by atoms with Gasteiger partial charge >= 0.3 is 0 Å². The Morgan fingerprint density at radius 2 is 1.86 bits per heavy atom.